The summed E-state index contributed by atoms with van der Waals surface area (Å²) in [5.41, 5.74) is 3.69. The minimum atomic E-state index is 0. The molecule has 130 valence electrons. The van der Waals surface area contributed by atoms with Gasteiger partial charge in [0.2, 0.25) is 5.91 Å². The molecule has 0 fully saturated rings. The Balaban J connectivity index is 0.00000484. The van der Waals surface area contributed by atoms with Crippen LogP contribution >= 0.6 is 24.0 Å². The predicted molar refractivity (Wildman–Crippen MR) is 107 cm³/mol. The lowest BCUT2D eigenvalue weighted by Gasteiger charge is -2.15. The number of aryl methyl sites for hydroxylation is 2. The number of hydrogen-bond donors (Lipinski definition) is 2. The minimum absolute atomic E-state index is 0. The van der Waals surface area contributed by atoms with Gasteiger partial charge in [0.1, 0.15) is 0 Å². The molecule has 0 aliphatic heterocycles. The van der Waals surface area contributed by atoms with Gasteiger partial charge in [-0.1, -0.05) is 30.7 Å². The molecule has 23 heavy (non-hydrogen) atoms. The monoisotopic (exact) mass is 432 g/mol. The number of carbonyl (C=O) groups excluding carboxylic acids is 1. The Bertz CT molecular complexity index is 529. The highest BCUT2D eigenvalue weighted by atomic mass is 127. The van der Waals surface area contributed by atoms with Gasteiger partial charge in [0.15, 0.2) is 5.96 Å². The Morgan fingerprint density at radius 2 is 1.91 bits per heavy atom. The van der Waals surface area contributed by atoms with Gasteiger partial charge >= 0.3 is 0 Å². The maximum absolute atomic E-state index is 11.7. The zero-order valence-corrected chi connectivity index (χ0v) is 17.1. The van der Waals surface area contributed by atoms with Gasteiger partial charge in [-0.05, 0) is 31.4 Å². The summed E-state index contributed by atoms with van der Waals surface area (Å²) in [5, 5.41) is 6.32. The lowest BCUT2D eigenvalue weighted by atomic mass is 10.1. The maximum Gasteiger partial charge on any atom is 0.241 e. The number of nitrogens with zero attached hydrogens (tertiary/aromatic N) is 2. The third kappa shape index (κ3) is 8.20. The van der Waals surface area contributed by atoms with E-state index in [4.69, 9.17) is 0 Å². The van der Waals surface area contributed by atoms with Crippen molar-refractivity contribution < 1.29 is 4.79 Å². The van der Waals surface area contributed by atoms with Crippen molar-refractivity contribution in [3.8, 4) is 0 Å². The van der Waals surface area contributed by atoms with Crippen LogP contribution in [-0.4, -0.2) is 44.0 Å². The van der Waals surface area contributed by atoms with Crippen molar-refractivity contribution >= 4 is 35.8 Å². The molecule has 0 aromatic heterocycles. The fourth-order valence-electron chi connectivity index (χ4n) is 1.92. The molecule has 0 aliphatic rings. The molecule has 2 N–H and O–H groups in total. The molecule has 1 rings (SSSR count). The van der Waals surface area contributed by atoms with Gasteiger partial charge in [0.25, 0.3) is 0 Å². The van der Waals surface area contributed by atoms with Gasteiger partial charge in [-0.15, -0.1) is 24.0 Å². The highest BCUT2D eigenvalue weighted by Gasteiger charge is 2.06. The molecule has 0 spiro atoms. The van der Waals surface area contributed by atoms with Gasteiger partial charge in [0.05, 0.1) is 13.1 Å². The summed E-state index contributed by atoms with van der Waals surface area (Å²) in [7, 11) is 3.49. The van der Waals surface area contributed by atoms with Gasteiger partial charge < -0.3 is 15.5 Å². The molecule has 0 saturated carbocycles. The van der Waals surface area contributed by atoms with Crippen LogP contribution in [0.2, 0.25) is 0 Å². The number of carbonyl (C=O) groups is 1. The van der Waals surface area contributed by atoms with Crippen LogP contribution in [0, 0.1) is 13.8 Å². The first-order chi connectivity index (χ1) is 10.4. The van der Waals surface area contributed by atoms with E-state index in [2.05, 4.69) is 54.6 Å². The third-order valence-corrected chi connectivity index (χ3v) is 3.35. The number of amides is 1. The lowest BCUT2D eigenvalue weighted by Crippen LogP contribution is -2.43. The van der Waals surface area contributed by atoms with Crippen molar-refractivity contribution in [3.63, 3.8) is 0 Å². The van der Waals surface area contributed by atoms with Crippen molar-refractivity contribution in [2.45, 2.75) is 33.7 Å². The lowest BCUT2D eigenvalue weighted by molar-refractivity contribution is -0.127. The first-order valence-electron chi connectivity index (χ1n) is 7.72. The van der Waals surface area contributed by atoms with E-state index in [9.17, 15) is 4.79 Å². The number of benzene rings is 1. The Hall–Kier alpha value is -1.31. The normalized spacial score (nSPS) is 10.7. The van der Waals surface area contributed by atoms with Crippen molar-refractivity contribution in [1.82, 2.24) is 15.5 Å². The van der Waals surface area contributed by atoms with Crippen LogP contribution in [0.15, 0.2) is 23.2 Å². The predicted octanol–water partition coefficient (Wildman–Crippen LogP) is 2.45. The van der Waals surface area contributed by atoms with Crippen LogP contribution in [0.5, 0.6) is 0 Å². The van der Waals surface area contributed by atoms with Crippen LogP contribution in [-0.2, 0) is 11.3 Å². The molecular formula is C17H29IN4O. The summed E-state index contributed by atoms with van der Waals surface area (Å²) in [6.45, 7) is 7.95. The number of rotatable bonds is 6. The van der Waals surface area contributed by atoms with E-state index < -0.39 is 0 Å². The van der Waals surface area contributed by atoms with E-state index in [1.54, 1.807) is 19.0 Å². The molecule has 5 nitrogen and oxygen atoms in total. The number of halogens is 1. The molecule has 6 heteroatoms. The molecule has 0 bridgehead atoms. The molecule has 0 heterocycles. The van der Waals surface area contributed by atoms with E-state index in [1.807, 2.05) is 0 Å². The second-order valence-electron chi connectivity index (χ2n) is 5.66. The van der Waals surface area contributed by atoms with Gasteiger partial charge in [0, 0.05) is 20.6 Å². The zero-order chi connectivity index (χ0) is 16.5. The summed E-state index contributed by atoms with van der Waals surface area (Å²) in [4.78, 5) is 17.8. The maximum atomic E-state index is 11.7. The second-order valence-corrected chi connectivity index (χ2v) is 5.66. The number of aliphatic imine (C=N–C) groups is 1. The van der Waals surface area contributed by atoms with Gasteiger partial charge in [-0.3, -0.25) is 4.79 Å². The smallest absolute Gasteiger partial charge is 0.241 e. The van der Waals surface area contributed by atoms with E-state index in [-0.39, 0.29) is 36.4 Å². The summed E-state index contributed by atoms with van der Waals surface area (Å²) in [6, 6.07) is 6.36. The SMILES string of the molecule is CCCNC(=NCc1ccc(C)cc1C)NCC(=O)N(C)C.I. The summed E-state index contributed by atoms with van der Waals surface area (Å²) < 4.78 is 0. The Morgan fingerprint density at radius 1 is 1.22 bits per heavy atom. The van der Waals surface area contributed by atoms with Crippen LogP contribution in [0.4, 0.5) is 0 Å². The third-order valence-electron chi connectivity index (χ3n) is 3.35. The fraction of sp³-hybridized carbons (Fsp3) is 0.529. The average molecular weight is 432 g/mol. The highest BCUT2D eigenvalue weighted by molar-refractivity contribution is 14.0. The van der Waals surface area contributed by atoms with Crippen LogP contribution in [0.3, 0.4) is 0 Å². The van der Waals surface area contributed by atoms with Crippen molar-refractivity contribution in [2.24, 2.45) is 4.99 Å². The second kappa shape index (κ2) is 11.3. The average Bonchev–Trinajstić information content (AvgIpc) is 2.47. The van der Waals surface area contributed by atoms with Crippen LogP contribution in [0.25, 0.3) is 0 Å². The zero-order valence-electron chi connectivity index (χ0n) is 14.8. The Kier molecular flexibility index (Phi) is 10.6. The summed E-state index contributed by atoms with van der Waals surface area (Å²) >= 11 is 0. The molecule has 1 amide bonds. The minimum Gasteiger partial charge on any atom is -0.356 e. The van der Waals surface area contributed by atoms with E-state index in [0.717, 1.165) is 13.0 Å². The standard InChI is InChI=1S/C17H28N4O.HI/c1-6-9-18-17(20-12-16(22)21(4)5)19-11-15-8-7-13(2)10-14(15)3;/h7-8,10H,6,9,11-12H2,1-5H3,(H2,18,19,20);1H. The number of nitrogens with one attached hydrogen (secondary N) is 2. The molecule has 0 unspecified atom stereocenters. The van der Waals surface area contributed by atoms with Crippen LogP contribution in [0.1, 0.15) is 30.0 Å². The largest absolute Gasteiger partial charge is 0.356 e. The quantitative estimate of drug-likeness (QED) is 0.413. The molecule has 1 aromatic rings. The van der Waals surface area contributed by atoms with Crippen molar-refractivity contribution in [2.75, 3.05) is 27.2 Å². The highest BCUT2D eigenvalue weighted by Crippen LogP contribution is 2.11. The fourth-order valence-corrected chi connectivity index (χ4v) is 1.92. The molecular weight excluding hydrogens is 403 g/mol. The molecule has 0 aliphatic carbocycles. The first-order valence-corrected chi connectivity index (χ1v) is 7.72. The molecule has 0 atom stereocenters. The van der Waals surface area contributed by atoms with Gasteiger partial charge in [-0.2, -0.15) is 0 Å². The van der Waals surface area contributed by atoms with E-state index >= 15 is 0 Å². The van der Waals surface area contributed by atoms with Crippen molar-refractivity contribution in [3.05, 3.63) is 34.9 Å². The van der Waals surface area contributed by atoms with Crippen LogP contribution < -0.4 is 10.6 Å². The number of hydrogen-bond acceptors (Lipinski definition) is 2. The Morgan fingerprint density at radius 3 is 2.48 bits per heavy atom. The topological polar surface area (TPSA) is 56.7 Å². The van der Waals surface area contributed by atoms with E-state index in [1.165, 1.54) is 16.7 Å². The Labute approximate surface area is 157 Å². The van der Waals surface area contributed by atoms with Crippen molar-refractivity contribution in [1.29, 1.82) is 0 Å². The molecule has 1 aromatic carbocycles. The summed E-state index contributed by atoms with van der Waals surface area (Å²) in [5.74, 6) is 0.703. The number of likely N-dealkylation sites (N-methyl/N-ethyl adjacent to an activating group) is 1. The molecule has 0 saturated heterocycles. The van der Waals surface area contributed by atoms with E-state index in [0.29, 0.717) is 12.5 Å². The first kappa shape index (κ1) is 21.7. The number of guanidine groups is 1. The summed E-state index contributed by atoms with van der Waals surface area (Å²) in [6.07, 6.45) is 1.01. The van der Waals surface area contributed by atoms with Gasteiger partial charge in [-0.25, -0.2) is 4.99 Å². The molecule has 0 radical (unpaired) electrons.